The number of carbonyl (C=O) groups is 1. The molecular weight excluding hydrogens is 460 g/mol. The molecule has 0 aliphatic carbocycles. The third-order valence-corrected chi connectivity index (χ3v) is 5.13. The minimum absolute atomic E-state index is 0. The summed E-state index contributed by atoms with van der Waals surface area (Å²) >= 11 is 0. The molecule has 168 valence electrons. The highest BCUT2D eigenvalue weighted by molar-refractivity contribution is 8.93. The maximum absolute atomic E-state index is 13.1. The van der Waals surface area contributed by atoms with Crippen molar-refractivity contribution in [1.29, 1.82) is 0 Å². The van der Waals surface area contributed by atoms with Crippen molar-refractivity contribution in [1.82, 2.24) is 0 Å². The fourth-order valence-electron chi connectivity index (χ4n) is 3.54. The Hall–Kier alpha value is -2.54. The predicted octanol–water partition coefficient (Wildman–Crippen LogP) is 5.34. The first-order valence-electron chi connectivity index (χ1n) is 10.4. The molecule has 0 amide bonds. The Balaban J connectivity index is 0.00000341. The zero-order valence-corrected chi connectivity index (χ0v) is 20.1. The molecule has 0 bridgehead atoms. The number of methoxy groups -OCH3 is 2. The Kier molecular flexibility index (Phi) is 9.85. The van der Waals surface area contributed by atoms with Gasteiger partial charge in [-0.1, -0.05) is 6.42 Å². The molecule has 0 saturated carbocycles. The third kappa shape index (κ3) is 6.47. The first-order valence-corrected chi connectivity index (χ1v) is 10.4. The van der Waals surface area contributed by atoms with Crippen molar-refractivity contribution in [3.05, 3.63) is 48.0 Å². The lowest BCUT2D eigenvalue weighted by molar-refractivity contribution is 0.100. The molecule has 0 fully saturated rings. The van der Waals surface area contributed by atoms with E-state index >= 15 is 0 Å². The number of benzene rings is 2. The molecule has 31 heavy (non-hydrogen) atoms. The van der Waals surface area contributed by atoms with Crippen LogP contribution in [0, 0.1) is 0 Å². The van der Waals surface area contributed by atoms with Crippen molar-refractivity contribution < 1.29 is 19.0 Å². The number of hydrogen-bond donors (Lipinski definition) is 0. The number of carbonyl (C=O) groups excluding carboxylic acids is 1. The molecule has 1 aliphatic heterocycles. The fraction of sp³-hybridized carbons (Fsp3) is 0.417. The van der Waals surface area contributed by atoms with Crippen LogP contribution in [0.2, 0.25) is 0 Å². The molecule has 0 saturated heterocycles. The molecule has 0 N–H and O–H groups in total. The monoisotopic (exact) mass is 490 g/mol. The molecule has 3 rings (SSSR count). The number of hydrogen-bond acceptors (Lipinski definition) is 6. The molecule has 0 radical (unpaired) electrons. The summed E-state index contributed by atoms with van der Waals surface area (Å²) in [6.45, 7) is 3.50. The first kappa shape index (κ1) is 24.7. The van der Waals surface area contributed by atoms with Gasteiger partial charge in [-0.15, -0.1) is 17.0 Å². The quantitative estimate of drug-likeness (QED) is 0.467. The summed E-state index contributed by atoms with van der Waals surface area (Å²) in [6, 6.07) is 12.9. The topological polar surface area (TPSA) is 60.4 Å². The summed E-state index contributed by atoms with van der Waals surface area (Å²) in [5, 5.41) is 0. The second-order valence-electron chi connectivity index (χ2n) is 7.11. The average molecular weight is 491 g/mol. The van der Waals surface area contributed by atoms with E-state index in [1.165, 1.54) is 0 Å². The van der Waals surface area contributed by atoms with Gasteiger partial charge in [0.1, 0.15) is 23.1 Å². The van der Waals surface area contributed by atoms with E-state index in [4.69, 9.17) is 19.2 Å². The van der Waals surface area contributed by atoms with Crippen LogP contribution in [0.25, 0.3) is 0 Å². The highest BCUT2D eigenvalue weighted by atomic mass is 79.9. The smallest absolute Gasteiger partial charge is 0.182 e. The molecular formula is C24H31BrN2O4. The van der Waals surface area contributed by atoms with Crippen LogP contribution >= 0.6 is 17.0 Å². The molecule has 0 atom stereocenters. The SMILES string of the molecule is Br.CCOc1ccc(C(=O)CN(C2=NCCCCC2)c2ccc(OC)cc2OC)cc1. The van der Waals surface area contributed by atoms with Crippen molar-refractivity contribution in [3.63, 3.8) is 0 Å². The second kappa shape index (κ2) is 12.3. The standard InChI is InChI=1S/C24H30N2O4.BrH/c1-4-30-19-11-9-18(10-12-19)22(27)17-26(24-8-6-5-7-15-25-24)21-14-13-20(28-2)16-23(21)29-3;/h9-14,16H,4-8,15,17H2,1-3H3;1H. The number of anilines is 1. The van der Waals surface area contributed by atoms with Crippen molar-refractivity contribution in [2.24, 2.45) is 4.99 Å². The minimum Gasteiger partial charge on any atom is -0.497 e. The number of amidine groups is 1. The van der Waals surface area contributed by atoms with Crippen molar-refractivity contribution in [3.8, 4) is 17.2 Å². The molecule has 7 heteroatoms. The van der Waals surface area contributed by atoms with Crippen LogP contribution in [-0.4, -0.2) is 45.5 Å². The molecule has 6 nitrogen and oxygen atoms in total. The van der Waals surface area contributed by atoms with Crippen LogP contribution in [0.5, 0.6) is 17.2 Å². The van der Waals surface area contributed by atoms with Gasteiger partial charge in [-0.2, -0.15) is 0 Å². The number of Topliss-reactive ketones (excluding diaryl/α,β-unsaturated/α-hetero) is 1. The summed E-state index contributed by atoms with van der Waals surface area (Å²) in [4.78, 5) is 19.9. The van der Waals surface area contributed by atoms with Crippen molar-refractivity contribution in [2.45, 2.75) is 32.6 Å². The van der Waals surface area contributed by atoms with Gasteiger partial charge in [-0.25, -0.2) is 0 Å². The summed E-state index contributed by atoms with van der Waals surface area (Å²) in [5.41, 5.74) is 1.46. The van der Waals surface area contributed by atoms with Gasteiger partial charge in [-0.05, 0) is 56.2 Å². The number of aliphatic imine (C=N–C) groups is 1. The van der Waals surface area contributed by atoms with Crippen molar-refractivity contribution >= 4 is 34.3 Å². The van der Waals surface area contributed by atoms with Gasteiger partial charge in [0.05, 0.1) is 33.1 Å². The van der Waals surface area contributed by atoms with Gasteiger partial charge in [-0.3, -0.25) is 9.79 Å². The third-order valence-electron chi connectivity index (χ3n) is 5.13. The largest absolute Gasteiger partial charge is 0.497 e. The lowest BCUT2D eigenvalue weighted by atomic mass is 10.1. The Morgan fingerprint density at radius 1 is 1.00 bits per heavy atom. The van der Waals surface area contributed by atoms with E-state index in [1.807, 2.05) is 54.3 Å². The molecule has 2 aromatic carbocycles. The summed E-state index contributed by atoms with van der Waals surface area (Å²) in [7, 11) is 3.25. The lowest BCUT2D eigenvalue weighted by Crippen LogP contribution is -2.36. The van der Waals surface area contributed by atoms with Crippen molar-refractivity contribution in [2.75, 3.05) is 38.8 Å². The van der Waals surface area contributed by atoms with Crippen LogP contribution < -0.4 is 19.1 Å². The van der Waals surface area contributed by atoms with Crippen LogP contribution in [0.1, 0.15) is 43.0 Å². The molecule has 1 heterocycles. The van der Waals surface area contributed by atoms with Gasteiger partial charge in [0.15, 0.2) is 5.78 Å². The van der Waals surface area contributed by atoms with Gasteiger partial charge in [0.2, 0.25) is 0 Å². The van der Waals surface area contributed by atoms with E-state index in [-0.39, 0.29) is 29.3 Å². The summed E-state index contributed by atoms with van der Waals surface area (Å²) in [6.07, 6.45) is 4.12. The maximum atomic E-state index is 13.1. The van der Waals surface area contributed by atoms with Crippen LogP contribution in [0.4, 0.5) is 5.69 Å². The molecule has 1 aliphatic rings. The summed E-state index contributed by atoms with van der Waals surface area (Å²) in [5.74, 6) is 3.06. The Morgan fingerprint density at radius 2 is 1.74 bits per heavy atom. The van der Waals surface area contributed by atoms with Gasteiger partial charge < -0.3 is 19.1 Å². The number of halogens is 1. The number of nitrogens with zero attached hydrogens (tertiary/aromatic N) is 2. The summed E-state index contributed by atoms with van der Waals surface area (Å²) < 4.78 is 16.4. The molecule has 0 spiro atoms. The van der Waals surface area contributed by atoms with Gasteiger partial charge >= 0.3 is 0 Å². The van der Waals surface area contributed by atoms with Crippen LogP contribution in [0.15, 0.2) is 47.5 Å². The van der Waals surface area contributed by atoms with Crippen LogP contribution in [-0.2, 0) is 0 Å². The van der Waals surface area contributed by atoms with E-state index in [9.17, 15) is 4.79 Å². The highest BCUT2D eigenvalue weighted by Gasteiger charge is 2.22. The first-order chi connectivity index (χ1) is 14.7. The normalized spacial score (nSPS) is 13.3. The van der Waals surface area contributed by atoms with Crippen LogP contribution in [0.3, 0.4) is 0 Å². The minimum atomic E-state index is 0. The van der Waals surface area contributed by atoms with E-state index in [0.29, 0.717) is 23.7 Å². The highest BCUT2D eigenvalue weighted by Crippen LogP contribution is 2.33. The zero-order valence-electron chi connectivity index (χ0n) is 18.4. The van der Waals surface area contributed by atoms with E-state index < -0.39 is 0 Å². The molecule has 0 unspecified atom stereocenters. The average Bonchev–Trinajstić information content (AvgIpc) is 3.07. The van der Waals surface area contributed by atoms with E-state index in [0.717, 1.165) is 49.5 Å². The number of rotatable bonds is 8. The second-order valence-corrected chi connectivity index (χ2v) is 7.11. The van der Waals surface area contributed by atoms with Gasteiger partial charge in [0.25, 0.3) is 0 Å². The van der Waals surface area contributed by atoms with Gasteiger partial charge in [0, 0.05) is 24.6 Å². The zero-order chi connectivity index (χ0) is 21.3. The predicted molar refractivity (Wildman–Crippen MR) is 130 cm³/mol. The maximum Gasteiger partial charge on any atom is 0.182 e. The van der Waals surface area contributed by atoms with E-state index in [1.54, 1.807) is 14.2 Å². The Morgan fingerprint density at radius 3 is 2.42 bits per heavy atom. The lowest BCUT2D eigenvalue weighted by Gasteiger charge is -2.27. The Labute approximate surface area is 195 Å². The molecule has 0 aromatic heterocycles. The fourth-order valence-corrected chi connectivity index (χ4v) is 3.54. The van der Waals surface area contributed by atoms with E-state index in [2.05, 4.69) is 0 Å². The Bertz CT molecular complexity index is 884. The molecule has 2 aromatic rings. The number of ketones is 1. The number of ether oxygens (including phenoxy) is 3.